The van der Waals surface area contributed by atoms with Crippen LogP contribution in [0.3, 0.4) is 0 Å². The lowest BCUT2D eigenvalue weighted by Gasteiger charge is -2.16. The Balaban J connectivity index is 4.58. The molecule has 5 heteroatoms. The molecule has 0 saturated carbocycles. The molecular weight excluding hydrogens is 236 g/mol. The number of hydrogen-bond donors (Lipinski definition) is 0. The Labute approximate surface area is 107 Å². The number of rotatable bonds is 5. The second kappa shape index (κ2) is 9.11. The van der Waals surface area contributed by atoms with Crippen LogP contribution in [-0.4, -0.2) is 32.3 Å². The molecule has 0 aromatic carbocycles. The molecule has 0 aliphatic rings. The van der Waals surface area contributed by atoms with E-state index >= 15 is 0 Å². The van der Waals surface area contributed by atoms with Crippen molar-refractivity contribution < 1.29 is 23.8 Å². The molecule has 0 N–H and O–H groups in total. The monoisotopic (exact) mass is 254 g/mol. The average molecular weight is 254 g/mol. The van der Waals surface area contributed by atoms with Gasteiger partial charge in [0.25, 0.3) is 0 Å². The zero-order valence-electron chi connectivity index (χ0n) is 11.1. The van der Waals surface area contributed by atoms with Crippen LogP contribution in [0, 0.1) is 17.8 Å². The Bertz CT molecular complexity index is 361. The standard InChI is InChI=1S/C13H18O5/c1-5-10(2)11(6-7-12(14)16-3)18-9-8-13(15)17-4/h8-11H,5H2,1-4H3/b9-8+. The summed E-state index contributed by atoms with van der Waals surface area (Å²) in [5.74, 6) is 3.96. The lowest BCUT2D eigenvalue weighted by molar-refractivity contribution is -0.135. The molecule has 0 aliphatic carbocycles. The van der Waals surface area contributed by atoms with Crippen LogP contribution in [0.2, 0.25) is 0 Å². The van der Waals surface area contributed by atoms with Crippen LogP contribution in [0.25, 0.3) is 0 Å². The Morgan fingerprint density at radius 3 is 2.44 bits per heavy atom. The molecule has 0 fully saturated rings. The van der Waals surface area contributed by atoms with E-state index < -0.39 is 18.0 Å². The molecule has 100 valence electrons. The molecule has 0 radical (unpaired) electrons. The third-order valence-corrected chi connectivity index (χ3v) is 2.29. The maximum absolute atomic E-state index is 10.9. The van der Waals surface area contributed by atoms with Crippen molar-refractivity contribution in [1.82, 2.24) is 0 Å². The van der Waals surface area contributed by atoms with E-state index in [-0.39, 0.29) is 5.92 Å². The first kappa shape index (κ1) is 16.0. The van der Waals surface area contributed by atoms with E-state index in [1.54, 1.807) is 0 Å². The van der Waals surface area contributed by atoms with Crippen molar-refractivity contribution in [3.8, 4) is 11.8 Å². The van der Waals surface area contributed by atoms with Gasteiger partial charge in [-0.15, -0.1) is 0 Å². The fraction of sp³-hybridized carbons (Fsp3) is 0.538. The largest absolute Gasteiger partial charge is 0.485 e. The number of carbonyl (C=O) groups is 2. The van der Waals surface area contributed by atoms with Crippen molar-refractivity contribution in [2.75, 3.05) is 14.2 Å². The zero-order chi connectivity index (χ0) is 14.0. The van der Waals surface area contributed by atoms with Gasteiger partial charge in [-0.05, 0) is 12.3 Å². The number of carbonyl (C=O) groups excluding carboxylic acids is 2. The Morgan fingerprint density at radius 1 is 1.28 bits per heavy atom. The Hall–Kier alpha value is -1.96. The Kier molecular flexibility index (Phi) is 8.12. The van der Waals surface area contributed by atoms with Gasteiger partial charge in [-0.2, -0.15) is 0 Å². The first-order valence-electron chi connectivity index (χ1n) is 5.54. The van der Waals surface area contributed by atoms with Gasteiger partial charge in [0.2, 0.25) is 0 Å². The topological polar surface area (TPSA) is 61.8 Å². The van der Waals surface area contributed by atoms with Gasteiger partial charge in [-0.3, -0.25) is 0 Å². The molecule has 0 rings (SSSR count). The van der Waals surface area contributed by atoms with E-state index in [0.29, 0.717) is 0 Å². The van der Waals surface area contributed by atoms with Gasteiger partial charge in [-0.25, -0.2) is 9.59 Å². The first-order valence-corrected chi connectivity index (χ1v) is 5.54. The third-order valence-electron chi connectivity index (χ3n) is 2.29. The van der Waals surface area contributed by atoms with Crippen molar-refractivity contribution in [2.45, 2.75) is 26.4 Å². The zero-order valence-corrected chi connectivity index (χ0v) is 11.1. The summed E-state index contributed by atoms with van der Waals surface area (Å²) >= 11 is 0. The Morgan fingerprint density at radius 2 is 1.94 bits per heavy atom. The highest BCUT2D eigenvalue weighted by Gasteiger charge is 2.13. The van der Waals surface area contributed by atoms with Crippen LogP contribution in [0.1, 0.15) is 20.3 Å². The minimum Gasteiger partial charge on any atom is -0.485 e. The predicted octanol–water partition coefficient (Wildman–Crippen LogP) is 1.28. The van der Waals surface area contributed by atoms with E-state index in [1.165, 1.54) is 20.5 Å². The highest BCUT2D eigenvalue weighted by atomic mass is 16.5. The van der Waals surface area contributed by atoms with Gasteiger partial charge in [0, 0.05) is 11.8 Å². The molecule has 0 spiro atoms. The normalized spacial score (nSPS) is 13.1. The highest BCUT2D eigenvalue weighted by molar-refractivity contribution is 5.88. The van der Waals surface area contributed by atoms with E-state index in [1.807, 2.05) is 13.8 Å². The summed E-state index contributed by atoms with van der Waals surface area (Å²) in [6.45, 7) is 3.91. The van der Waals surface area contributed by atoms with Crippen molar-refractivity contribution in [1.29, 1.82) is 0 Å². The molecular formula is C13H18O5. The summed E-state index contributed by atoms with van der Waals surface area (Å²) in [4.78, 5) is 21.8. The van der Waals surface area contributed by atoms with Crippen LogP contribution >= 0.6 is 0 Å². The number of esters is 2. The van der Waals surface area contributed by atoms with Crippen molar-refractivity contribution >= 4 is 11.9 Å². The SMILES string of the molecule is CCC(C)C(C#CC(=O)OC)O/C=C/C(=O)OC. The van der Waals surface area contributed by atoms with Gasteiger partial charge in [-0.1, -0.05) is 13.8 Å². The first-order chi connectivity index (χ1) is 8.54. The summed E-state index contributed by atoms with van der Waals surface area (Å²) in [6, 6.07) is 0. The average Bonchev–Trinajstić information content (AvgIpc) is 2.40. The lowest BCUT2D eigenvalue weighted by Crippen LogP contribution is -2.18. The maximum Gasteiger partial charge on any atom is 0.384 e. The van der Waals surface area contributed by atoms with Crippen LogP contribution in [0.4, 0.5) is 0 Å². The van der Waals surface area contributed by atoms with Crippen molar-refractivity contribution in [3.63, 3.8) is 0 Å². The highest BCUT2D eigenvalue weighted by Crippen LogP contribution is 2.11. The molecule has 0 bridgehead atoms. The molecule has 5 nitrogen and oxygen atoms in total. The minimum atomic E-state index is -0.621. The third kappa shape index (κ3) is 6.59. The number of ether oxygens (including phenoxy) is 3. The van der Waals surface area contributed by atoms with E-state index in [9.17, 15) is 9.59 Å². The fourth-order valence-corrected chi connectivity index (χ4v) is 0.953. The van der Waals surface area contributed by atoms with Crippen LogP contribution < -0.4 is 0 Å². The molecule has 0 heterocycles. The molecule has 0 aliphatic heterocycles. The van der Waals surface area contributed by atoms with Crippen molar-refractivity contribution in [2.24, 2.45) is 5.92 Å². The number of methoxy groups -OCH3 is 2. The number of hydrogen-bond acceptors (Lipinski definition) is 5. The quantitative estimate of drug-likeness (QED) is 0.243. The molecule has 2 atom stereocenters. The van der Waals surface area contributed by atoms with E-state index in [4.69, 9.17) is 4.74 Å². The van der Waals surface area contributed by atoms with Crippen LogP contribution in [0.15, 0.2) is 12.3 Å². The second-order valence-electron chi connectivity index (χ2n) is 3.53. The lowest BCUT2D eigenvalue weighted by atomic mass is 10.0. The van der Waals surface area contributed by atoms with Gasteiger partial charge < -0.3 is 14.2 Å². The smallest absolute Gasteiger partial charge is 0.384 e. The molecule has 0 saturated heterocycles. The van der Waals surface area contributed by atoms with E-state index in [2.05, 4.69) is 21.3 Å². The summed E-state index contributed by atoms with van der Waals surface area (Å²) in [6.07, 6.45) is 2.71. The van der Waals surface area contributed by atoms with Crippen molar-refractivity contribution in [3.05, 3.63) is 12.3 Å². The molecule has 0 amide bonds. The molecule has 18 heavy (non-hydrogen) atoms. The summed E-state index contributed by atoms with van der Waals surface area (Å²) in [5, 5.41) is 0. The van der Waals surface area contributed by atoms with Gasteiger partial charge in [0.15, 0.2) is 6.10 Å². The van der Waals surface area contributed by atoms with Gasteiger partial charge in [0.1, 0.15) is 0 Å². The van der Waals surface area contributed by atoms with Crippen LogP contribution in [-0.2, 0) is 23.8 Å². The summed E-state index contributed by atoms with van der Waals surface area (Å²) in [5.41, 5.74) is 0. The summed E-state index contributed by atoms with van der Waals surface area (Å²) in [7, 11) is 2.53. The predicted molar refractivity (Wildman–Crippen MR) is 65.3 cm³/mol. The van der Waals surface area contributed by atoms with Crippen LogP contribution in [0.5, 0.6) is 0 Å². The molecule has 0 aromatic heterocycles. The summed E-state index contributed by atoms with van der Waals surface area (Å²) < 4.78 is 14.1. The molecule has 0 aromatic rings. The van der Waals surface area contributed by atoms with Gasteiger partial charge >= 0.3 is 11.9 Å². The van der Waals surface area contributed by atoms with Gasteiger partial charge in [0.05, 0.1) is 26.6 Å². The fourth-order valence-electron chi connectivity index (χ4n) is 0.953. The minimum absolute atomic E-state index is 0.115. The van der Waals surface area contributed by atoms with E-state index in [0.717, 1.165) is 12.5 Å². The second-order valence-corrected chi connectivity index (χ2v) is 3.53. The maximum atomic E-state index is 10.9. The molecule has 2 unspecified atom stereocenters.